The summed E-state index contributed by atoms with van der Waals surface area (Å²) in [4.78, 5) is 13.2. The number of anilines is 1. The van der Waals surface area contributed by atoms with Crippen molar-refractivity contribution < 1.29 is 19.0 Å². The highest BCUT2D eigenvalue weighted by atomic mass is 16.5. The smallest absolute Gasteiger partial charge is 0.235 e. The number of hydrogen-bond acceptors (Lipinski definition) is 7. The van der Waals surface area contributed by atoms with Gasteiger partial charge in [0.25, 0.3) is 0 Å². The average molecular weight is 397 g/mol. The topological polar surface area (TPSA) is 111 Å². The molecule has 1 atom stereocenters. The molecule has 0 aliphatic rings. The molecular formula is C20H23N5O4. The van der Waals surface area contributed by atoms with Crippen LogP contribution >= 0.6 is 0 Å². The molecule has 0 saturated carbocycles. The summed E-state index contributed by atoms with van der Waals surface area (Å²) >= 11 is 0. The molecule has 1 amide bonds. The van der Waals surface area contributed by atoms with Crippen molar-refractivity contribution in [3.63, 3.8) is 0 Å². The molecule has 0 radical (unpaired) electrons. The predicted molar refractivity (Wildman–Crippen MR) is 106 cm³/mol. The van der Waals surface area contributed by atoms with Crippen LogP contribution in [0.25, 0.3) is 0 Å². The highest BCUT2D eigenvalue weighted by molar-refractivity contribution is 5.96. The molecule has 9 nitrogen and oxygen atoms in total. The molecule has 3 rings (SSSR count). The number of benzene rings is 2. The van der Waals surface area contributed by atoms with Crippen molar-refractivity contribution in [2.24, 2.45) is 0 Å². The Balaban J connectivity index is 1.90. The maximum Gasteiger partial charge on any atom is 0.235 e. The van der Waals surface area contributed by atoms with Crippen LogP contribution in [-0.2, 0) is 11.2 Å². The summed E-state index contributed by atoms with van der Waals surface area (Å²) in [6.07, 6.45) is 0.294. The Kier molecular flexibility index (Phi) is 6.62. The van der Waals surface area contributed by atoms with Crippen LogP contribution < -0.4 is 19.5 Å². The minimum atomic E-state index is -0.704. The summed E-state index contributed by atoms with van der Waals surface area (Å²) in [5.74, 6) is 1.18. The Hall–Kier alpha value is -3.62. The molecule has 0 fully saturated rings. The first-order valence-electron chi connectivity index (χ1n) is 9.13. The maximum atomic E-state index is 13.2. The quantitative estimate of drug-likeness (QED) is 0.571. The van der Waals surface area contributed by atoms with Gasteiger partial charge < -0.3 is 19.5 Å². The van der Waals surface area contributed by atoms with Crippen LogP contribution in [0.1, 0.15) is 24.2 Å². The molecule has 1 aromatic heterocycles. The van der Waals surface area contributed by atoms with E-state index in [1.54, 1.807) is 38.5 Å². The van der Waals surface area contributed by atoms with E-state index in [0.717, 1.165) is 5.56 Å². The molecule has 0 aliphatic carbocycles. The minimum Gasteiger partial charge on any atom is -0.497 e. The van der Waals surface area contributed by atoms with E-state index in [-0.39, 0.29) is 11.7 Å². The second kappa shape index (κ2) is 9.54. The van der Waals surface area contributed by atoms with Gasteiger partial charge in [-0.15, -0.1) is 10.2 Å². The molecule has 0 bridgehead atoms. The van der Waals surface area contributed by atoms with E-state index in [9.17, 15) is 4.79 Å². The van der Waals surface area contributed by atoms with Crippen LogP contribution in [0, 0.1) is 0 Å². The molecule has 1 heterocycles. The number of methoxy groups -OCH3 is 2. The van der Waals surface area contributed by atoms with Gasteiger partial charge in [0, 0.05) is 0 Å². The van der Waals surface area contributed by atoms with Crippen molar-refractivity contribution in [1.82, 2.24) is 20.6 Å². The number of H-pyrrole nitrogens is 1. The number of rotatable bonds is 9. The number of amides is 1. The summed E-state index contributed by atoms with van der Waals surface area (Å²) in [5, 5.41) is 17.0. The third-order valence-corrected chi connectivity index (χ3v) is 4.35. The fraction of sp³-hybridized carbons (Fsp3) is 0.300. The first kappa shape index (κ1) is 20.1. The Morgan fingerprint density at radius 3 is 2.66 bits per heavy atom. The van der Waals surface area contributed by atoms with Gasteiger partial charge in [-0.05, 0) is 49.2 Å². The van der Waals surface area contributed by atoms with Crippen LogP contribution in [0.3, 0.4) is 0 Å². The van der Waals surface area contributed by atoms with Gasteiger partial charge in [0.2, 0.25) is 5.91 Å². The zero-order chi connectivity index (χ0) is 20.6. The standard InChI is InChI=1S/C20H23N5O4/c1-4-29-18-8-6-5-7-16(18)21-20(26)15(19-22-24-25-23-19)12-13-11-14(27-2)9-10-17(13)28-3/h5-11,15H,4,12H2,1-3H3,(H,21,26)(H,22,23,24,25)/t15-/m1/s1. The number of para-hydroxylation sites is 2. The van der Waals surface area contributed by atoms with Gasteiger partial charge in [-0.25, -0.2) is 0 Å². The van der Waals surface area contributed by atoms with Crippen molar-refractivity contribution in [2.45, 2.75) is 19.3 Å². The first-order chi connectivity index (χ1) is 14.2. The van der Waals surface area contributed by atoms with E-state index in [1.807, 2.05) is 25.1 Å². The van der Waals surface area contributed by atoms with Gasteiger partial charge in [0.15, 0.2) is 5.82 Å². The number of nitrogens with one attached hydrogen (secondary N) is 2. The van der Waals surface area contributed by atoms with E-state index in [1.165, 1.54) is 0 Å². The number of aromatic nitrogens is 4. The van der Waals surface area contributed by atoms with E-state index in [4.69, 9.17) is 14.2 Å². The monoisotopic (exact) mass is 397 g/mol. The SMILES string of the molecule is CCOc1ccccc1NC(=O)[C@H](Cc1cc(OC)ccc1OC)c1nn[nH]n1. The van der Waals surface area contributed by atoms with Gasteiger partial charge in [-0.3, -0.25) is 4.79 Å². The first-order valence-corrected chi connectivity index (χ1v) is 9.13. The maximum absolute atomic E-state index is 13.2. The summed E-state index contributed by atoms with van der Waals surface area (Å²) < 4.78 is 16.3. The van der Waals surface area contributed by atoms with Crippen molar-refractivity contribution in [3.8, 4) is 17.2 Å². The zero-order valence-corrected chi connectivity index (χ0v) is 16.5. The van der Waals surface area contributed by atoms with Crippen LogP contribution in [0.5, 0.6) is 17.2 Å². The Bertz CT molecular complexity index is 946. The second-order valence-electron chi connectivity index (χ2n) is 6.12. The van der Waals surface area contributed by atoms with Crippen molar-refractivity contribution in [1.29, 1.82) is 0 Å². The Morgan fingerprint density at radius 1 is 1.14 bits per heavy atom. The van der Waals surface area contributed by atoms with Gasteiger partial charge in [-0.2, -0.15) is 5.21 Å². The number of carbonyl (C=O) groups excluding carboxylic acids is 1. The molecular weight excluding hydrogens is 374 g/mol. The van der Waals surface area contributed by atoms with E-state index < -0.39 is 5.92 Å². The Labute approximate surface area is 168 Å². The lowest BCUT2D eigenvalue weighted by atomic mass is 9.96. The van der Waals surface area contributed by atoms with Crippen molar-refractivity contribution >= 4 is 11.6 Å². The molecule has 0 spiro atoms. The van der Waals surface area contributed by atoms with Gasteiger partial charge in [-0.1, -0.05) is 17.3 Å². The second-order valence-corrected chi connectivity index (χ2v) is 6.12. The third-order valence-electron chi connectivity index (χ3n) is 4.35. The van der Waals surface area contributed by atoms with Crippen molar-refractivity contribution in [2.75, 3.05) is 26.1 Å². The summed E-state index contributed by atoms with van der Waals surface area (Å²) in [5.41, 5.74) is 1.36. The van der Waals surface area contributed by atoms with Gasteiger partial charge in [0.05, 0.1) is 26.5 Å². The lowest BCUT2D eigenvalue weighted by molar-refractivity contribution is -0.117. The fourth-order valence-corrected chi connectivity index (χ4v) is 2.95. The van der Waals surface area contributed by atoms with Crippen LogP contribution in [0.4, 0.5) is 5.69 Å². The highest BCUT2D eigenvalue weighted by Gasteiger charge is 2.27. The summed E-state index contributed by atoms with van der Waals surface area (Å²) in [6, 6.07) is 12.7. The number of aromatic amines is 1. The third kappa shape index (κ3) is 4.81. The Morgan fingerprint density at radius 2 is 1.97 bits per heavy atom. The highest BCUT2D eigenvalue weighted by Crippen LogP contribution is 2.30. The molecule has 0 saturated heterocycles. The van der Waals surface area contributed by atoms with Crippen LogP contribution in [-0.4, -0.2) is 47.4 Å². The largest absolute Gasteiger partial charge is 0.497 e. The lowest BCUT2D eigenvalue weighted by Gasteiger charge is -2.17. The average Bonchev–Trinajstić information content (AvgIpc) is 3.27. The molecule has 9 heteroatoms. The number of hydrogen-bond donors (Lipinski definition) is 2. The van der Waals surface area contributed by atoms with E-state index >= 15 is 0 Å². The number of carbonyl (C=O) groups is 1. The predicted octanol–water partition coefficient (Wildman–Crippen LogP) is 2.58. The van der Waals surface area contributed by atoms with E-state index in [0.29, 0.717) is 36.0 Å². The molecule has 2 aromatic carbocycles. The normalized spacial score (nSPS) is 11.6. The summed E-state index contributed by atoms with van der Waals surface area (Å²) in [7, 11) is 3.16. The molecule has 29 heavy (non-hydrogen) atoms. The van der Waals surface area contributed by atoms with E-state index in [2.05, 4.69) is 25.9 Å². The molecule has 0 unspecified atom stereocenters. The van der Waals surface area contributed by atoms with Crippen molar-refractivity contribution in [3.05, 3.63) is 53.9 Å². The van der Waals surface area contributed by atoms with Gasteiger partial charge >= 0.3 is 0 Å². The van der Waals surface area contributed by atoms with Crippen LogP contribution in [0.2, 0.25) is 0 Å². The minimum absolute atomic E-state index is 0.279. The number of nitrogens with zero attached hydrogens (tertiary/aromatic N) is 3. The summed E-state index contributed by atoms with van der Waals surface area (Å²) in [6.45, 7) is 2.37. The van der Waals surface area contributed by atoms with Gasteiger partial charge in [0.1, 0.15) is 23.2 Å². The van der Waals surface area contributed by atoms with Crippen LogP contribution in [0.15, 0.2) is 42.5 Å². The zero-order valence-electron chi connectivity index (χ0n) is 16.5. The lowest BCUT2D eigenvalue weighted by Crippen LogP contribution is -2.24. The molecule has 0 aliphatic heterocycles. The fourth-order valence-electron chi connectivity index (χ4n) is 2.95. The number of ether oxygens (including phenoxy) is 3. The number of tetrazole rings is 1. The molecule has 3 aromatic rings. The molecule has 152 valence electrons. The molecule has 2 N–H and O–H groups in total.